The first-order valence-electron chi connectivity index (χ1n) is 5.82. The maximum Gasteiger partial charge on any atom is 0.126 e. The molecule has 0 saturated carbocycles. The number of unbranched alkanes of at least 4 members (excludes halogenated alkanes) is 1. The molecule has 1 aromatic rings. The summed E-state index contributed by atoms with van der Waals surface area (Å²) in [5, 5.41) is 0. The molecule has 0 aliphatic carbocycles. The van der Waals surface area contributed by atoms with Crippen LogP contribution in [0.15, 0.2) is 18.2 Å². The standard InChI is InChI=1S/C13H20FNO2/c1-10(15)12-6-5-11(14)9-13(12)17-8-4-3-7-16-2/h5-6,9-10H,3-4,7-8,15H2,1-2H3/t10-/m0/s1. The Morgan fingerprint density at radius 3 is 2.65 bits per heavy atom. The zero-order valence-electron chi connectivity index (χ0n) is 10.4. The summed E-state index contributed by atoms with van der Waals surface area (Å²) < 4.78 is 23.6. The Balaban J connectivity index is 2.53. The molecule has 0 bridgehead atoms. The van der Waals surface area contributed by atoms with Crippen molar-refractivity contribution in [3.05, 3.63) is 29.6 Å². The molecule has 1 aromatic carbocycles. The molecule has 1 atom stereocenters. The van der Waals surface area contributed by atoms with Crippen molar-refractivity contribution >= 4 is 0 Å². The number of nitrogens with two attached hydrogens (primary N) is 1. The minimum Gasteiger partial charge on any atom is -0.493 e. The lowest BCUT2D eigenvalue weighted by Gasteiger charge is -2.14. The first-order chi connectivity index (χ1) is 8.15. The molecule has 0 aliphatic heterocycles. The fraction of sp³-hybridized carbons (Fsp3) is 0.538. The number of hydrogen-bond donors (Lipinski definition) is 1. The van der Waals surface area contributed by atoms with Crippen LogP contribution in [-0.2, 0) is 4.74 Å². The Morgan fingerprint density at radius 2 is 2.00 bits per heavy atom. The Morgan fingerprint density at radius 1 is 1.29 bits per heavy atom. The van der Waals surface area contributed by atoms with Crippen LogP contribution in [0.3, 0.4) is 0 Å². The van der Waals surface area contributed by atoms with Gasteiger partial charge in [0.2, 0.25) is 0 Å². The summed E-state index contributed by atoms with van der Waals surface area (Å²) in [6, 6.07) is 4.29. The highest BCUT2D eigenvalue weighted by Crippen LogP contribution is 2.24. The fourth-order valence-electron chi connectivity index (χ4n) is 1.54. The van der Waals surface area contributed by atoms with Gasteiger partial charge in [-0.3, -0.25) is 0 Å². The van der Waals surface area contributed by atoms with E-state index in [9.17, 15) is 4.39 Å². The van der Waals surface area contributed by atoms with Gasteiger partial charge in [-0.15, -0.1) is 0 Å². The van der Waals surface area contributed by atoms with Crippen LogP contribution in [0.1, 0.15) is 31.4 Å². The molecule has 2 N–H and O–H groups in total. The predicted octanol–water partition coefficient (Wildman–Crippen LogP) is 2.65. The van der Waals surface area contributed by atoms with Crippen molar-refractivity contribution < 1.29 is 13.9 Å². The van der Waals surface area contributed by atoms with Crippen molar-refractivity contribution in [1.82, 2.24) is 0 Å². The minimum absolute atomic E-state index is 0.162. The Bertz CT molecular complexity index is 342. The first-order valence-corrected chi connectivity index (χ1v) is 5.82. The van der Waals surface area contributed by atoms with Crippen molar-refractivity contribution in [3.63, 3.8) is 0 Å². The third-order valence-electron chi connectivity index (χ3n) is 2.47. The average Bonchev–Trinajstić information content (AvgIpc) is 2.28. The molecule has 0 amide bonds. The second-order valence-electron chi connectivity index (χ2n) is 4.02. The van der Waals surface area contributed by atoms with Crippen molar-refractivity contribution in [2.24, 2.45) is 5.73 Å². The van der Waals surface area contributed by atoms with Gasteiger partial charge in [0, 0.05) is 31.4 Å². The van der Waals surface area contributed by atoms with E-state index in [1.54, 1.807) is 13.2 Å². The molecule has 0 fully saturated rings. The lowest BCUT2D eigenvalue weighted by atomic mass is 10.1. The molecule has 1 rings (SSSR count). The molecule has 96 valence electrons. The van der Waals surface area contributed by atoms with Gasteiger partial charge in [-0.05, 0) is 25.8 Å². The van der Waals surface area contributed by atoms with Crippen LogP contribution in [0.2, 0.25) is 0 Å². The third-order valence-corrected chi connectivity index (χ3v) is 2.47. The summed E-state index contributed by atoms with van der Waals surface area (Å²) in [6.45, 7) is 3.12. The van der Waals surface area contributed by atoms with E-state index in [4.69, 9.17) is 15.2 Å². The normalized spacial score (nSPS) is 12.5. The number of methoxy groups -OCH3 is 1. The van der Waals surface area contributed by atoms with Crippen molar-refractivity contribution in [2.75, 3.05) is 20.3 Å². The average molecular weight is 241 g/mol. The van der Waals surface area contributed by atoms with E-state index in [2.05, 4.69) is 0 Å². The lowest BCUT2D eigenvalue weighted by Crippen LogP contribution is -2.09. The van der Waals surface area contributed by atoms with Gasteiger partial charge >= 0.3 is 0 Å². The fourth-order valence-corrected chi connectivity index (χ4v) is 1.54. The summed E-state index contributed by atoms with van der Waals surface area (Å²) in [6.07, 6.45) is 1.81. The van der Waals surface area contributed by atoms with E-state index in [0.717, 1.165) is 18.4 Å². The molecular formula is C13H20FNO2. The molecule has 17 heavy (non-hydrogen) atoms. The van der Waals surface area contributed by atoms with E-state index in [-0.39, 0.29) is 11.9 Å². The van der Waals surface area contributed by atoms with Crippen LogP contribution in [0.4, 0.5) is 4.39 Å². The number of ether oxygens (including phenoxy) is 2. The zero-order valence-corrected chi connectivity index (χ0v) is 10.4. The van der Waals surface area contributed by atoms with E-state index >= 15 is 0 Å². The van der Waals surface area contributed by atoms with E-state index in [0.29, 0.717) is 19.0 Å². The summed E-state index contributed by atoms with van der Waals surface area (Å²) in [7, 11) is 1.67. The highest BCUT2D eigenvalue weighted by atomic mass is 19.1. The minimum atomic E-state index is -0.304. The molecule has 0 unspecified atom stereocenters. The van der Waals surface area contributed by atoms with Gasteiger partial charge < -0.3 is 15.2 Å². The summed E-state index contributed by atoms with van der Waals surface area (Å²) >= 11 is 0. The van der Waals surface area contributed by atoms with E-state index < -0.39 is 0 Å². The van der Waals surface area contributed by atoms with Crippen LogP contribution in [0, 0.1) is 5.82 Å². The monoisotopic (exact) mass is 241 g/mol. The van der Waals surface area contributed by atoms with Gasteiger partial charge in [0.1, 0.15) is 11.6 Å². The molecule has 0 saturated heterocycles. The number of hydrogen-bond acceptors (Lipinski definition) is 3. The van der Waals surface area contributed by atoms with Crippen LogP contribution in [0.5, 0.6) is 5.75 Å². The second-order valence-corrected chi connectivity index (χ2v) is 4.02. The van der Waals surface area contributed by atoms with Gasteiger partial charge in [0.15, 0.2) is 0 Å². The molecular weight excluding hydrogens is 221 g/mol. The Hall–Kier alpha value is -1.13. The zero-order chi connectivity index (χ0) is 12.7. The molecule has 0 aromatic heterocycles. The first kappa shape index (κ1) is 13.9. The lowest BCUT2D eigenvalue weighted by molar-refractivity contribution is 0.184. The predicted molar refractivity (Wildman–Crippen MR) is 65.6 cm³/mol. The van der Waals surface area contributed by atoms with Gasteiger partial charge in [-0.25, -0.2) is 4.39 Å². The van der Waals surface area contributed by atoms with Gasteiger partial charge in [0.25, 0.3) is 0 Å². The number of benzene rings is 1. The van der Waals surface area contributed by atoms with Gasteiger partial charge in [0.05, 0.1) is 6.61 Å². The summed E-state index contributed by atoms with van der Waals surface area (Å²) in [4.78, 5) is 0. The van der Waals surface area contributed by atoms with Crippen LogP contribution < -0.4 is 10.5 Å². The smallest absolute Gasteiger partial charge is 0.126 e. The SMILES string of the molecule is COCCCCOc1cc(F)ccc1[C@H](C)N. The maximum atomic E-state index is 13.1. The summed E-state index contributed by atoms with van der Waals surface area (Å²) in [5.74, 6) is 0.235. The molecule has 0 heterocycles. The summed E-state index contributed by atoms with van der Waals surface area (Å²) in [5.41, 5.74) is 6.63. The van der Waals surface area contributed by atoms with Crippen molar-refractivity contribution in [2.45, 2.75) is 25.8 Å². The Kier molecular flexibility index (Phi) is 5.94. The van der Waals surface area contributed by atoms with E-state index in [1.165, 1.54) is 12.1 Å². The molecule has 4 heteroatoms. The second kappa shape index (κ2) is 7.25. The maximum absolute atomic E-state index is 13.1. The quantitative estimate of drug-likeness (QED) is 0.746. The number of halogens is 1. The van der Waals surface area contributed by atoms with Crippen molar-refractivity contribution in [3.8, 4) is 5.75 Å². The highest BCUT2D eigenvalue weighted by Gasteiger charge is 2.09. The number of rotatable bonds is 7. The molecule has 0 radical (unpaired) electrons. The van der Waals surface area contributed by atoms with Crippen LogP contribution in [0.25, 0.3) is 0 Å². The Labute approximate surface area is 102 Å². The molecule has 3 nitrogen and oxygen atoms in total. The van der Waals surface area contributed by atoms with Gasteiger partial charge in [-0.1, -0.05) is 6.07 Å². The highest BCUT2D eigenvalue weighted by molar-refractivity contribution is 5.36. The third kappa shape index (κ3) is 4.71. The molecule has 0 spiro atoms. The van der Waals surface area contributed by atoms with Crippen LogP contribution in [-0.4, -0.2) is 20.3 Å². The molecule has 0 aliphatic rings. The van der Waals surface area contributed by atoms with Crippen molar-refractivity contribution in [1.29, 1.82) is 0 Å². The largest absolute Gasteiger partial charge is 0.493 e. The van der Waals surface area contributed by atoms with Gasteiger partial charge in [-0.2, -0.15) is 0 Å². The van der Waals surface area contributed by atoms with Crippen LogP contribution >= 0.6 is 0 Å². The van der Waals surface area contributed by atoms with E-state index in [1.807, 2.05) is 6.92 Å². The topological polar surface area (TPSA) is 44.5 Å².